The lowest BCUT2D eigenvalue weighted by Gasteiger charge is -2.09. The first kappa shape index (κ1) is 12.9. The third-order valence-electron chi connectivity index (χ3n) is 3.19. The van der Waals surface area contributed by atoms with Crippen molar-refractivity contribution in [2.45, 2.75) is 6.10 Å². The standard InChI is InChI=1S/C16H12BrNO2/c17-12-8-4-7-11(9-12)13-14(19)15(20-16(13)18)10-5-2-1-3-6-10/h1-9,15H,18H2. The number of Topliss-reactive ketones (excluding diaryl/α,β-unsaturated/α-hetero) is 1. The minimum atomic E-state index is -0.648. The zero-order valence-corrected chi connectivity index (χ0v) is 12.1. The average Bonchev–Trinajstić information content (AvgIpc) is 2.75. The molecule has 1 aliphatic heterocycles. The van der Waals surface area contributed by atoms with Crippen LogP contribution in [0.5, 0.6) is 0 Å². The summed E-state index contributed by atoms with van der Waals surface area (Å²) in [5, 5.41) is 0. The van der Waals surface area contributed by atoms with E-state index in [0.29, 0.717) is 5.57 Å². The van der Waals surface area contributed by atoms with Crippen LogP contribution in [0.4, 0.5) is 0 Å². The molecule has 20 heavy (non-hydrogen) atoms. The predicted octanol–water partition coefficient (Wildman–Crippen LogP) is 3.42. The number of hydrogen-bond donors (Lipinski definition) is 1. The molecule has 2 N–H and O–H groups in total. The summed E-state index contributed by atoms with van der Waals surface area (Å²) < 4.78 is 6.45. The van der Waals surface area contributed by atoms with Gasteiger partial charge in [0, 0.05) is 10.0 Å². The largest absolute Gasteiger partial charge is 0.462 e. The molecule has 2 aromatic rings. The molecule has 0 aliphatic carbocycles. The van der Waals surface area contributed by atoms with Crippen molar-refractivity contribution in [3.8, 4) is 0 Å². The average molecular weight is 330 g/mol. The maximum Gasteiger partial charge on any atom is 0.213 e. The molecule has 3 nitrogen and oxygen atoms in total. The van der Waals surface area contributed by atoms with Gasteiger partial charge < -0.3 is 10.5 Å². The maximum atomic E-state index is 12.5. The van der Waals surface area contributed by atoms with Crippen molar-refractivity contribution in [1.82, 2.24) is 0 Å². The van der Waals surface area contributed by atoms with Crippen molar-refractivity contribution < 1.29 is 9.53 Å². The molecule has 1 aliphatic rings. The van der Waals surface area contributed by atoms with E-state index >= 15 is 0 Å². The van der Waals surface area contributed by atoms with Gasteiger partial charge in [-0.15, -0.1) is 0 Å². The number of carbonyl (C=O) groups is 1. The van der Waals surface area contributed by atoms with E-state index in [9.17, 15) is 4.79 Å². The molecule has 1 heterocycles. The summed E-state index contributed by atoms with van der Waals surface area (Å²) in [6.45, 7) is 0. The van der Waals surface area contributed by atoms with Crippen LogP contribution in [0.1, 0.15) is 17.2 Å². The first-order valence-corrected chi connectivity index (χ1v) is 6.97. The summed E-state index contributed by atoms with van der Waals surface area (Å²) in [5.41, 5.74) is 7.92. The molecule has 0 radical (unpaired) electrons. The van der Waals surface area contributed by atoms with E-state index in [1.165, 1.54) is 0 Å². The van der Waals surface area contributed by atoms with E-state index in [4.69, 9.17) is 10.5 Å². The Labute approximate surface area is 125 Å². The van der Waals surface area contributed by atoms with Crippen molar-refractivity contribution in [3.63, 3.8) is 0 Å². The SMILES string of the molecule is NC1=C(c2cccc(Br)c2)C(=O)C(c2ccccc2)O1. The van der Waals surface area contributed by atoms with Gasteiger partial charge in [-0.2, -0.15) is 0 Å². The van der Waals surface area contributed by atoms with E-state index in [2.05, 4.69) is 15.9 Å². The molecule has 0 aromatic heterocycles. The molecule has 0 saturated heterocycles. The Kier molecular flexibility index (Phi) is 3.32. The van der Waals surface area contributed by atoms with E-state index in [0.717, 1.165) is 15.6 Å². The number of carbonyl (C=O) groups excluding carboxylic acids is 1. The smallest absolute Gasteiger partial charge is 0.213 e. The monoisotopic (exact) mass is 329 g/mol. The molecule has 2 aromatic carbocycles. The van der Waals surface area contributed by atoms with Crippen LogP contribution in [-0.2, 0) is 9.53 Å². The van der Waals surface area contributed by atoms with Gasteiger partial charge in [-0.05, 0) is 17.7 Å². The van der Waals surface area contributed by atoms with Crippen LogP contribution in [0.2, 0.25) is 0 Å². The summed E-state index contributed by atoms with van der Waals surface area (Å²) in [7, 11) is 0. The van der Waals surface area contributed by atoms with Gasteiger partial charge in [0.15, 0.2) is 12.0 Å². The number of halogens is 1. The van der Waals surface area contributed by atoms with E-state index in [-0.39, 0.29) is 11.7 Å². The van der Waals surface area contributed by atoms with Gasteiger partial charge in [-0.25, -0.2) is 0 Å². The van der Waals surface area contributed by atoms with Gasteiger partial charge >= 0.3 is 0 Å². The third-order valence-corrected chi connectivity index (χ3v) is 3.68. The van der Waals surface area contributed by atoms with E-state index < -0.39 is 6.10 Å². The van der Waals surface area contributed by atoms with Gasteiger partial charge in [-0.1, -0.05) is 58.4 Å². The lowest BCUT2D eigenvalue weighted by molar-refractivity contribution is -0.120. The van der Waals surface area contributed by atoms with Crippen molar-refractivity contribution in [3.05, 3.63) is 76.1 Å². The second-order valence-electron chi connectivity index (χ2n) is 4.52. The second-order valence-corrected chi connectivity index (χ2v) is 5.44. The molecule has 0 bridgehead atoms. The first-order valence-electron chi connectivity index (χ1n) is 6.18. The molecule has 0 fully saturated rings. The highest BCUT2D eigenvalue weighted by molar-refractivity contribution is 9.10. The fourth-order valence-corrected chi connectivity index (χ4v) is 2.67. The number of benzene rings is 2. The number of ketones is 1. The fourth-order valence-electron chi connectivity index (χ4n) is 2.27. The van der Waals surface area contributed by atoms with Crippen molar-refractivity contribution in [1.29, 1.82) is 0 Å². The van der Waals surface area contributed by atoms with Gasteiger partial charge in [0.05, 0.1) is 5.57 Å². The molecule has 1 unspecified atom stereocenters. The normalized spacial score (nSPS) is 18.2. The topological polar surface area (TPSA) is 52.3 Å². The quantitative estimate of drug-likeness (QED) is 0.918. The van der Waals surface area contributed by atoms with Crippen LogP contribution in [0.3, 0.4) is 0 Å². The zero-order chi connectivity index (χ0) is 14.1. The Bertz CT molecular complexity index is 695. The minimum Gasteiger partial charge on any atom is -0.462 e. The third kappa shape index (κ3) is 2.23. The van der Waals surface area contributed by atoms with Crippen molar-refractivity contribution >= 4 is 27.3 Å². The molecule has 4 heteroatoms. The summed E-state index contributed by atoms with van der Waals surface area (Å²) in [4.78, 5) is 12.5. The molecule has 0 amide bonds. The van der Waals surface area contributed by atoms with Crippen molar-refractivity contribution in [2.24, 2.45) is 5.73 Å². The van der Waals surface area contributed by atoms with Gasteiger partial charge in [0.25, 0.3) is 0 Å². The number of hydrogen-bond acceptors (Lipinski definition) is 3. The Morgan fingerprint density at radius 1 is 1.05 bits per heavy atom. The molecule has 1 atom stereocenters. The van der Waals surface area contributed by atoms with Crippen molar-refractivity contribution in [2.75, 3.05) is 0 Å². The van der Waals surface area contributed by atoms with Gasteiger partial charge in [-0.3, -0.25) is 4.79 Å². The van der Waals surface area contributed by atoms with Crippen LogP contribution in [0.15, 0.2) is 65.0 Å². The number of ether oxygens (including phenoxy) is 1. The van der Waals surface area contributed by atoms with Gasteiger partial charge in [0.2, 0.25) is 5.78 Å². The van der Waals surface area contributed by atoms with Crippen LogP contribution in [0.25, 0.3) is 5.57 Å². The van der Waals surface area contributed by atoms with Crippen LogP contribution in [-0.4, -0.2) is 5.78 Å². The molecule has 0 saturated carbocycles. The van der Waals surface area contributed by atoms with Crippen LogP contribution in [0, 0.1) is 0 Å². The van der Waals surface area contributed by atoms with E-state index in [1.54, 1.807) is 0 Å². The van der Waals surface area contributed by atoms with Crippen LogP contribution >= 0.6 is 15.9 Å². The summed E-state index contributed by atoms with van der Waals surface area (Å²) in [5.74, 6) is 0.0775. The molecular formula is C16H12BrNO2. The Hall–Kier alpha value is -2.07. The summed E-state index contributed by atoms with van der Waals surface area (Å²) in [6.07, 6.45) is -0.648. The molecule has 3 rings (SSSR count). The predicted molar refractivity (Wildman–Crippen MR) is 80.5 cm³/mol. The fraction of sp³-hybridized carbons (Fsp3) is 0.0625. The Morgan fingerprint density at radius 3 is 2.50 bits per heavy atom. The number of nitrogens with two attached hydrogens (primary N) is 1. The summed E-state index contributed by atoms with van der Waals surface area (Å²) >= 11 is 3.39. The number of rotatable bonds is 2. The first-order chi connectivity index (χ1) is 9.66. The minimum absolute atomic E-state index is 0.105. The van der Waals surface area contributed by atoms with Crippen LogP contribution < -0.4 is 5.73 Å². The zero-order valence-electron chi connectivity index (χ0n) is 10.5. The Morgan fingerprint density at radius 2 is 1.80 bits per heavy atom. The molecule has 100 valence electrons. The lowest BCUT2D eigenvalue weighted by Crippen LogP contribution is -2.09. The Balaban J connectivity index is 1.98. The highest BCUT2D eigenvalue weighted by atomic mass is 79.9. The second kappa shape index (κ2) is 5.13. The summed E-state index contributed by atoms with van der Waals surface area (Å²) in [6, 6.07) is 16.8. The molecular weight excluding hydrogens is 318 g/mol. The lowest BCUT2D eigenvalue weighted by atomic mass is 9.97. The van der Waals surface area contributed by atoms with Gasteiger partial charge in [0.1, 0.15) is 0 Å². The van der Waals surface area contributed by atoms with E-state index in [1.807, 2.05) is 54.6 Å². The molecule has 0 spiro atoms. The highest BCUT2D eigenvalue weighted by Gasteiger charge is 2.35. The maximum absolute atomic E-state index is 12.5. The highest BCUT2D eigenvalue weighted by Crippen LogP contribution is 2.36.